The predicted octanol–water partition coefficient (Wildman–Crippen LogP) is 1.79. The molecule has 1 aliphatic heterocycles. The molecule has 2 aliphatic rings. The van der Waals surface area contributed by atoms with Crippen LogP contribution in [0.15, 0.2) is 0 Å². The summed E-state index contributed by atoms with van der Waals surface area (Å²) in [6.07, 6.45) is 9.49. The van der Waals surface area contributed by atoms with Gasteiger partial charge in [0.25, 0.3) is 0 Å². The molecule has 3 nitrogen and oxygen atoms in total. The molecule has 0 spiro atoms. The van der Waals surface area contributed by atoms with E-state index in [9.17, 15) is 0 Å². The molecule has 0 aromatic rings. The average molecular weight is 227 g/mol. The average Bonchev–Trinajstić information content (AvgIpc) is 2.83. The molecule has 1 unspecified atom stereocenters. The molecule has 1 saturated carbocycles. The first-order chi connectivity index (χ1) is 7.90. The third-order valence-corrected chi connectivity index (χ3v) is 3.94. The van der Waals surface area contributed by atoms with E-state index in [1.807, 2.05) is 0 Å². The maximum absolute atomic E-state index is 9.14. The van der Waals surface area contributed by atoms with Crippen LogP contribution in [0.1, 0.15) is 44.9 Å². The molecule has 94 valence electrons. The van der Waals surface area contributed by atoms with Gasteiger partial charge in [-0.3, -0.25) is 4.90 Å². The molecule has 2 rings (SSSR count). The third kappa shape index (κ3) is 3.44. The van der Waals surface area contributed by atoms with Crippen LogP contribution >= 0.6 is 0 Å². The highest BCUT2D eigenvalue weighted by molar-refractivity contribution is 4.80. The van der Waals surface area contributed by atoms with Crippen LogP contribution in [0.2, 0.25) is 0 Å². The van der Waals surface area contributed by atoms with Gasteiger partial charge in [0.05, 0.1) is 12.7 Å². The van der Waals surface area contributed by atoms with Crippen molar-refractivity contribution < 1.29 is 9.84 Å². The maximum Gasteiger partial charge on any atom is 0.0702 e. The zero-order valence-corrected chi connectivity index (χ0v) is 10.2. The first kappa shape index (κ1) is 12.3. The zero-order chi connectivity index (χ0) is 11.2. The number of ether oxygens (including phenoxy) is 1. The summed E-state index contributed by atoms with van der Waals surface area (Å²) in [5.41, 5.74) is 0. The number of hydrogen-bond donors (Lipinski definition) is 1. The van der Waals surface area contributed by atoms with E-state index in [4.69, 9.17) is 9.84 Å². The maximum atomic E-state index is 9.14. The number of nitrogens with zero attached hydrogens (tertiary/aromatic N) is 1. The van der Waals surface area contributed by atoms with E-state index in [1.54, 1.807) is 0 Å². The Labute approximate surface area is 98.8 Å². The minimum absolute atomic E-state index is 0.281. The smallest absolute Gasteiger partial charge is 0.0702 e. The van der Waals surface area contributed by atoms with Crippen molar-refractivity contribution >= 4 is 0 Å². The van der Waals surface area contributed by atoms with Crippen LogP contribution in [0.5, 0.6) is 0 Å². The fourth-order valence-corrected chi connectivity index (χ4v) is 3.03. The van der Waals surface area contributed by atoms with Crippen molar-refractivity contribution in [3.8, 4) is 0 Å². The fourth-order valence-electron chi connectivity index (χ4n) is 3.03. The van der Waals surface area contributed by atoms with Crippen molar-refractivity contribution in [3.63, 3.8) is 0 Å². The van der Waals surface area contributed by atoms with Crippen LogP contribution in [0.3, 0.4) is 0 Å². The van der Waals surface area contributed by atoms with E-state index in [-0.39, 0.29) is 6.61 Å². The molecular formula is C13H25NO2. The van der Waals surface area contributed by atoms with E-state index < -0.39 is 0 Å². The van der Waals surface area contributed by atoms with Crippen LogP contribution in [0.4, 0.5) is 0 Å². The van der Waals surface area contributed by atoms with E-state index in [0.29, 0.717) is 12.1 Å². The molecule has 0 bridgehead atoms. The monoisotopic (exact) mass is 227 g/mol. The van der Waals surface area contributed by atoms with Gasteiger partial charge in [-0.2, -0.15) is 0 Å². The number of aliphatic hydroxyl groups excluding tert-OH is 1. The largest absolute Gasteiger partial charge is 0.395 e. The quantitative estimate of drug-likeness (QED) is 0.777. The first-order valence-electron chi connectivity index (χ1n) is 6.86. The van der Waals surface area contributed by atoms with Gasteiger partial charge in [-0.05, 0) is 32.1 Å². The van der Waals surface area contributed by atoms with Gasteiger partial charge in [0, 0.05) is 25.7 Å². The van der Waals surface area contributed by atoms with Gasteiger partial charge in [0.1, 0.15) is 0 Å². The number of hydrogen-bond acceptors (Lipinski definition) is 3. The van der Waals surface area contributed by atoms with Crippen LogP contribution < -0.4 is 0 Å². The second kappa shape index (κ2) is 6.58. The van der Waals surface area contributed by atoms with Gasteiger partial charge in [-0.1, -0.05) is 12.8 Å². The minimum Gasteiger partial charge on any atom is -0.395 e. The number of aliphatic hydroxyl groups is 1. The Balaban J connectivity index is 1.80. The Morgan fingerprint density at radius 3 is 2.44 bits per heavy atom. The van der Waals surface area contributed by atoms with Crippen molar-refractivity contribution in [3.05, 3.63) is 0 Å². The lowest BCUT2D eigenvalue weighted by molar-refractivity contribution is -0.0161. The lowest BCUT2D eigenvalue weighted by Crippen LogP contribution is -2.42. The standard InChI is InChI=1S/C13H25NO2/c15-9-8-14(12-5-1-2-6-12)11-13-7-3-4-10-16-13/h12-13,15H,1-11H2. The summed E-state index contributed by atoms with van der Waals surface area (Å²) in [6.45, 7) is 3.07. The molecular weight excluding hydrogens is 202 g/mol. The Bertz CT molecular complexity index is 186. The molecule has 1 aliphatic carbocycles. The zero-order valence-electron chi connectivity index (χ0n) is 10.2. The van der Waals surface area contributed by atoms with Gasteiger partial charge >= 0.3 is 0 Å². The Hall–Kier alpha value is -0.120. The first-order valence-corrected chi connectivity index (χ1v) is 6.86. The third-order valence-electron chi connectivity index (χ3n) is 3.94. The van der Waals surface area contributed by atoms with E-state index in [2.05, 4.69) is 4.90 Å². The molecule has 0 amide bonds. The molecule has 0 aromatic carbocycles. The van der Waals surface area contributed by atoms with Crippen LogP contribution in [-0.4, -0.2) is 48.5 Å². The molecule has 1 heterocycles. The van der Waals surface area contributed by atoms with Crippen molar-refractivity contribution in [2.45, 2.75) is 57.1 Å². The van der Waals surface area contributed by atoms with Crippen molar-refractivity contribution in [1.82, 2.24) is 4.90 Å². The van der Waals surface area contributed by atoms with Gasteiger partial charge < -0.3 is 9.84 Å². The van der Waals surface area contributed by atoms with Crippen LogP contribution in [0, 0.1) is 0 Å². The lowest BCUT2D eigenvalue weighted by atomic mass is 10.1. The molecule has 2 fully saturated rings. The minimum atomic E-state index is 0.281. The molecule has 1 saturated heterocycles. The van der Waals surface area contributed by atoms with E-state index in [0.717, 1.165) is 19.7 Å². The molecule has 1 N–H and O–H groups in total. The van der Waals surface area contributed by atoms with Gasteiger partial charge in [0.2, 0.25) is 0 Å². The molecule has 3 heteroatoms. The summed E-state index contributed by atoms with van der Waals surface area (Å²) < 4.78 is 5.79. The molecule has 1 atom stereocenters. The summed E-state index contributed by atoms with van der Waals surface area (Å²) in [7, 11) is 0. The SMILES string of the molecule is OCCN(CC1CCCCO1)C1CCCC1. The summed E-state index contributed by atoms with van der Waals surface area (Å²) >= 11 is 0. The normalized spacial score (nSPS) is 27.8. The Morgan fingerprint density at radius 1 is 1.06 bits per heavy atom. The second-order valence-corrected chi connectivity index (χ2v) is 5.15. The Kier molecular flexibility index (Phi) is 5.07. The molecule has 0 radical (unpaired) electrons. The van der Waals surface area contributed by atoms with Gasteiger partial charge in [-0.25, -0.2) is 0 Å². The number of rotatable bonds is 5. The second-order valence-electron chi connectivity index (χ2n) is 5.15. The topological polar surface area (TPSA) is 32.7 Å². The highest BCUT2D eigenvalue weighted by Gasteiger charge is 2.25. The summed E-state index contributed by atoms with van der Waals surface area (Å²) in [4.78, 5) is 2.46. The highest BCUT2D eigenvalue weighted by atomic mass is 16.5. The van der Waals surface area contributed by atoms with Crippen LogP contribution in [0.25, 0.3) is 0 Å². The summed E-state index contributed by atoms with van der Waals surface area (Å²) in [6, 6.07) is 0.706. The van der Waals surface area contributed by atoms with E-state index in [1.165, 1.54) is 44.9 Å². The van der Waals surface area contributed by atoms with Crippen LogP contribution in [-0.2, 0) is 4.74 Å². The lowest BCUT2D eigenvalue weighted by Gasteiger charge is -2.33. The molecule has 0 aromatic heterocycles. The van der Waals surface area contributed by atoms with Crippen molar-refractivity contribution in [2.24, 2.45) is 0 Å². The highest BCUT2D eigenvalue weighted by Crippen LogP contribution is 2.24. The van der Waals surface area contributed by atoms with Crippen molar-refractivity contribution in [2.75, 3.05) is 26.3 Å². The molecule has 16 heavy (non-hydrogen) atoms. The fraction of sp³-hybridized carbons (Fsp3) is 1.00. The van der Waals surface area contributed by atoms with Gasteiger partial charge in [-0.15, -0.1) is 0 Å². The Morgan fingerprint density at radius 2 is 1.81 bits per heavy atom. The van der Waals surface area contributed by atoms with E-state index >= 15 is 0 Å². The predicted molar refractivity (Wildman–Crippen MR) is 64.5 cm³/mol. The van der Waals surface area contributed by atoms with Crippen molar-refractivity contribution in [1.29, 1.82) is 0 Å². The summed E-state index contributed by atoms with van der Waals surface area (Å²) in [5.74, 6) is 0. The summed E-state index contributed by atoms with van der Waals surface area (Å²) in [5, 5.41) is 9.14. The van der Waals surface area contributed by atoms with Gasteiger partial charge in [0.15, 0.2) is 0 Å².